The molecular weight excluding hydrogens is 236 g/mol. The maximum absolute atomic E-state index is 6.18. The Labute approximate surface area is 106 Å². The third kappa shape index (κ3) is 2.87. The summed E-state index contributed by atoms with van der Waals surface area (Å²) in [5.41, 5.74) is 1.88. The predicted octanol–water partition coefficient (Wildman–Crippen LogP) is 3.42. The highest BCUT2D eigenvalue weighted by Gasteiger charge is 2.18. The van der Waals surface area contributed by atoms with Crippen molar-refractivity contribution in [3.8, 4) is 0 Å². The smallest absolute Gasteiger partial charge is 0.0954 e. The minimum atomic E-state index is -0.0117. The van der Waals surface area contributed by atoms with E-state index in [4.69, 9.17) is 16.0 Å². The van der Waals surface area contributed by atoms with Crippen LogP contribution in [0.3, 0.4) is 0 Å². The molecule has 0 aromatic carbocycles. The van der Waals surface area contributed by atoms with Crippen LogP contribution in [0, 0.1) is 0 Å². The first-order valence-corrected chi connectivity index (χ1v) is 6.06. The summed E-state index contributed by atoms with van der Waals surface area (Å²) in [5, 5.41) is 4.09. The van der Waals surface area contributed by atoms with Gasteiger partial charge < -0.3 is 9.73 Å². The van der Waals surface area contributed by atoms with Crippen molar-refractivity contribution < 1.29 is 4.42 Å². The summed E-state index contributed by atoms with van der Waals surface area (Å²) in [6.45, 7) is 3.03. The van der Waals surface area contributed by atoms with Gasteiger partial charge in [-0.15, -0.1) is 0 Å². The molecule has 17 heavy (non-hydrogen) atoms. The summed E-state index contributed by atoms with van der Waals surface area (Å²) in [7, 11) is 0. The molecule has 1 atom stereocenters. The number of furan rings is 1. The summed E-state index contributed by atoms with van der Waals surface area (Å²) >= 11 is 6.18. The van der Waals surface area contributed by atoms with Gasteiger partial charge in [0, 0.05) is 11.8 Å². The molecule has 2 heterocycles. The van der Waals surface area contributed by atoms with E-state index in [1.165, 1.54) is 0 Å². The molecule has 2 aromatic heterocycles. The van der Waals surface area contributed by atoms with Crippen LogP contribution in [-0.4, -0.2) is 11.5 Å². The van der Waals surface area contributed by atoms with Crippen molar-refractivity contribution in [2.45, 2.75) is 19.4 Å². The molecule has 0 saturated carbocycles. The van der Waals surface area contributed by atoms with Gasteiger partial charge >= 0.3 is 0 Å². The number of hydrogen-bond acceptors (Lipinski definition) is 3. The molecule has 3 nitrogen and oxygen atoms in total. The molecule has 0 fully saturated rings. The van der Waals surface area contributed by atoms with Crippen molar-refractivity contribution in [2.75, 3.05) is 6.54 Å². The Kier molecular flexibility index (Phi) is 4.18. The van der Waals surface area contributed by atoms with Gasteiger partial charge in [-0.05, 0) is 31.2 Å². The molecule has 0 aliphatic carbocycles. The topological polar surface area (TPSA) is 38.1 Å². The Morgan fingerprint density at radius 1 is 1.47 bits per heavy atom. The van der Waals surface area contributed by atoms with E-state index in [1.54, 1.807) is 18.7 Å². The van der Waals surface area contributed by atoms with E-state index in [0.717, 1.165) is 24.2 Å². The molecule has 4 heteroatoms. The third-order valence-corrected chi connectivity index (χ3v) is 2.85. The van der Waals surface area contributed by atoms with Crippen LogP contribution in [0.25, 0.3) is 0 Å². The second-order valence-corrected chi connectivity index (χ2v) is 4.22. The molecule has 0 radical (unpaired) electrons. The molecule has 0 spiro atoms. The molecule has 0 bridgehead atoms. The Morgan fingerprint density at radius 2 is 2.35 bits per heavy atom. The highest BCUT2D eigenvalue weighted by Crippen LogP contribution is 2.26. The number of nitrogens with one attached hydrogen (secondary N) is 1. The van der Waals surface area contributed by atoms with Crippen molar-refractivity contribution >= 4 is 11.6 Å². The van der Waals surface area contributed by atoms with Crippen molar-refractivity contribution in [2.24, 2.45) is 0 Å². The maximum atomic E-state index is 6.18. The lowest BCUT2D eigenvalue weighted by Crippen LogP contribution is -2.24. The molecule has 0 aliphatic heterocycles. The van der Waals surface area contributed by atoms with Crippen molar-refractivity contribution in [3.63, 3.8) is 0 Å². The van der Waals surface area contributed by atoms with Crippen molar-refractivity contribution in [1.29, 1.82) is 0 Å². The predicted molar refractivity (Wildman–Crippen MR) is 68.1 cm³/mol. The zero-order valence-electron chi connectivity index (χ0n) is 9.69. The van der Waals surface area contributed by atoms with Gasteiger partial charge in [-0.2, -0.15) is 0 Å². The summed E-state index contributed by atoms with van der Waals surface area (Å²) in [6, 6.07) is 5.60. The monoisotopic (exact) mass is 250 g/mol. The standard InChI is InChI=1S/C13H15ClN2O/c1-2-6-15-12(10-5-8-17-9-10)13-11(14)4-3-7-16-13/h3-5,7-9,12,15H,2,6H2,1H3. The van der Waals surface area contributed by atoms with Gasteiger partial charge in [0.05, 0.1) is 29.3 Å². The van der Waals surface area contributed by atoms with Crippen LogP contribution in [-0.2, 0) is 0 Å². The number of rotatable bonds is 5. The molecule has 1 N–H and O–H groups in total. The van der Waals surface area contributed by atoms with Gasteiger partial charge in [-0.3, -0.25) is 4.98 Å². The first kappa shape index (κ1) is 12.1. The Balaban J connectivity index is 2.30. The van der Waals surface area contributed by atoms with Crippen molar-refractivity contribution in [3.05, 3.63) is 53.2 Å². The first-order chi connectivity index (χ1) is 8.33. The molecule has 0 aliphatic rings. The summed E-state index contributed by atoms with van der Waals surface area (Å²) in [5.74, 6) is 0. The van der Waals surface area contributed by atoms with Gasteiger partial charge in [0.25, 0.3) is 0 Å². The molecule has 2 rings (SSSR count). The van der Waals surface area contributed by atoms with E-state index in [2.05, 4.69) is 17.2 Å². The Bertz CT molecular complexity index is 456. The number of aromatic nitrogens is 1. The van der Waals surface area contributed by atoms with E-state index in [-0.39, 0.29) is 6.04 Å². The van der Waals surface area contributed by atoms with Crippen LogP contribution in [0.5, 0.6) is 0 Å². The minimum absolute atomic E-state index is 0.0117. The number of nitrogens with zero attached hydrogens (tertiary/aromatic N) is 1. The zero-order chi connectivity index (χ0) is 12.1. The summed E-state index contributed by atoms with van der Waals surface area (Å²) in [4.78, 5) is 4.35. The van der Waals surface area contributed by atoms with Crippen LogP contribution in [0.4, 0.5) is 0 Å². The lowest BCUT2D eigenvalue weighted by Gasteiger charge is -2.17. The summed E-state index contributed by atoms with van der Waals surface area (Å²) < 4.78 is 5.13. The van der Waals surface area contributed by atoms with Crippen LogP contribution in [0.1, 0.15) is 30.6 Å². The maximum Gasteiger partial charge on any atom is 0.0954 e. The van der Waals surface area contributed by atoms with Crippen LogP contribution in [0.15, 0.2) is 41.3 Å². The molecule has 90 valence electrons. The highest BCUT2D eigenvalue weighted by atomic mass is 35.5. The van der Waals surface area contributed by atoms with Crippen molar-refractivity contribution in [1.82, 2.24) is 10.3 Å². The third-order valence-electron chi connectivity index (χ3n) is 2.54. The number of pyridine rings is 1. The molecular formula is C13H15ClN2O. The molecule has 0 amide bonds. The molecule has 1 unspecified atom stereocenters. The lowest BCUT2D eigenvalue weighted by atomic mass is 10.1. The normalized spacial score (nSPS) is 12.6. The van der Waals surface area contributed by atoms with E-state index in [0.29, 0.717) is 5.02 Å². The number of halogens is 1. The SMILES string of the molecule is CCCNC(c1ccoc1)c1ncccc1Cl. The fraction of sp³-hybridized carbons (Fsp3) is 0.308. The average Bonchev–Trinajstić information content (AvgIpc) is 2.85. The summed E-state index contributed by atoms with van der Waals surface area (Å²) in [6.07, 6.45) is 6.19. The van der Waals surface area contributed by atoms with Gasteiger partial charge in [0.2, 0.25) is 0 Å². The van der Waals surface area contributed by atoms with Gasteiger partial charge in [0.15, 0.2) is 0 Å². The second-order valence-electron chi connectivity index (χ2n) is 3.81. The van der Waals surface area contributed by atoms with E-state index in [1.807, 2.05) is 18.2 Å². The van der Waals surface area contributed by atoms with Gasteiger partial charge in [-0.1, -0.05) is 18.5 Å². The number of hydrogen-bond donors (Lipinski definition) is 1. The average molecular weight is 251 g/mol. The van der Waals surface area contributed by atoms with Crippen LogP contribution in [0.2, 0.25) is 5.02 Å². The Morgan fingerprint density at radius 3 is 3.00 bits per heavy atom. The molecule has 2 aromatic rings. The van der Waals surface area contributed by atoms with E-state index < -0.39 is 0 Å². The van der Waals surface area contributed by atoms with E-state index >= 15 is 0 Å². The second kappa shape index (κ2) is 5.84. The quantitative estimate of drug-likeness (QED) is 0.884. The fourth-order valence-electron chi connectivity index (χ4n) is 1.71. The molecule has 0 saturated heterocycles. The van der Waals surface area contributed by atoms with Gasteiger partial charge in [-0.25, -0.2) is 0 Å². The van der Waals surface area contributed by atoms with Gasteiger partial charge in [0.1, 0.15) is 0 Å². The highest BCUT2D eigenvalue weighted by molar-refractivity contribution is 6.31. The minimum Gasteiger partial charge on any atom is -0.472 e. The van der Waals surface area contributed by atoms with E-state index in [9.17, 15) is 0 Å². The Hall–Kier alpha value is -1.32. The van der Waals surface area contributed by atoms with Crippen LogP contribution >= 0.6 is 11.6 Å². The first-order valence-electron chi connectivity index (χ1n) is 5.68. The fourth-order valence-corrected chi connectivity index (χ4v) is 1.94. The largest absolute Gasteiger partial charge is 0.472 e. The van der Waals surface area contributed by atoms with Crippen LogP contribution < -0.4 is 5.32 Å². The lowest BCUT2D eigenvalue weighted by molar-refractivity contribution is 0.545. The zero-order valence-corrected chi connectivity index (χ0v) is 10.4.